The van der Waals surface area contributed by atoms with Crippen LogP contribution in [-0.2, 0) is 6.54 Å². The molecule has 3 heteroatoms. The van der Waals surface area contributed by atoms with Gasteiger partial charge in [0.25, 0.3) is 0 Å². The van der Waals surface area contributed by atoms with Crippen LogP contribution in [0.2, 0.25) is 0 Å². The Morgan fingerprint density at radius 2 is 1.93 bits per heavy atom. The SMILES string of the molecule is CN(CCCN)Cc1ccc(I)cc1. The largest absolute Gasteiger partial charge is 0.330 e. The van der Waals surface area contributed by atoms with Crippen LogP contribution in [0.1, 0.15) is 12.0 Å². The highest BCUT2D eigenvalue weighted by Gasteiger charge is 1.99. The van der Waals surface area contributed by atoms with E-state index in [9.17, 15) is 0 Å². The van der Waals surface area contributed by atoms with Crippen LogP contribution in [0, 0.1) is 3.57 Å². The molecule has 0 amide bonds. The molecule has 0 bridgehead atoms. The molecule has 78 valence electrons. The van der Waals surface area contributed by atoms with Crippen LogP contribution < -0.4 is 5.73 Å². The lowest BCUT2D eigenvalue weighted by Crippen LogP contribution is -2.21. The Labute approximate surface area is 99.6 Å². The van der Waals surface area contributed by atoms with Crippen molar-refractivity contribution in [2.45, 2.75) is 13.0 Å². The number of benzene rings is 1. The van der Waals surface area contributed by atoms with Gasteiger partial charge in [-0.15, -0.1) is 0 Å². The maximum absolute atomic E-state index is 5.46. The van der Waals surface area contributed by atoms with Crippen LogP contribution >= 0.6 is 22.6 Å². The van der Waals surface area contributed by atoms with Gasteiger partial charge in [-0.2, -0.15) is 0 Å². The van der Waals surface area contributed by atoms with Crippen molar-refractivity contribution in [1.29, 1.82) is 0 Å². The molecule has 1 aromatic carbocycles. The molecule has 0 unspecified atom stereocenters. The van der Waals surface area contributed by atoms with E-state index in [2.05, 4.69) is 58.8 Å². The van der Waals surface area contributed by atoms with E-state index in [-0.39, 0.29) is 0 Å². The van der Waals surface area contributed by atoms with Crippen molar-refractivity contribution in [3.8, 4) is 0 Å². The number of rotatable bonds is 5. The summed E-state index contributed by atoms with van der Waals surface area (Å²) >= 11 is 2.32. The van der Waals surface area contributed by atoms with Gasteiger partial charge in [-0.1, -0.05) is 12.1 Å². The summed E-state index contributed by atoms with van der Waals surface area (Å²) < 4.78 is 1.29. The van der Waals surface area contributed by atoms with Gasteiger partial charge >= 0.3 is 0 Å². The molecule has 0 radical (unpaired) electrons. The molecule has 0 saturated carbocycles. The number of nitrogens with zero attached hydrogens (tertiary/aromatic N) is 1. The normalized spacial score (nSPS) is 10.9. The summed E-state index contributed by atoms with van der Waals surface area (Å²) in [7, 11) is 2.13. The Morgan fingerprint density at radius 1 is 1.29 bits per heavy atom. The first-order chi connectivity index (χ1) is 6.72. The lowest BCUT2D eigenvalue weighted by molar-refractivity contribution is 0.324. The fraction of sp³-hybridized carbons (Fsp3) is 0.455. The maximum Gasteiger partial charge on any atom is 0.0230 e. The fourth-order valence-electron chi connectivity index (χ4n) is 1.34. The average molecular weight is 304 g/mol. The van der Waals surface area contributed by atoms with Gasteiger partial charge < -0.3 is 10.6 Å². The van der Waals surface area contributed by atoms with Crippen molar-refractivity contribution < 1.29 is 0 Å². The van der Waals surface area contributed by atoms with Crippen LogP contribution in [0.3, 0.4) is 0 Å². The Morgan fingerprint density at radius 3 is 2.50 bits per heavy atom. The monoisotopic (exact) mass is 304 g/mol. The van der Waals surface area contributed by atoms with Crippen LogP contribution in [0.5, 0.6) is 0 Å². The Bertz CT molecular complexity index is 258. The molecule has 2 nitrogen and oxygen atoms in total. The summed E-state index contributed by atoms with van der Waals surface area (Å²) in [5.41, 5.74) is 6.83. The second-order valence-electron chi connectivity index (χ2n) is 3.51. The smallest absolute Gasteiger partial charge is 0.0230 e. The van der Waals surface area contributed by atoms with Gasteiger partial charge in [-0.05, 0) is 66.8 Å². The minimum Gasteiger partial charge on any atom is -0.330 e. The second kappa shape index (κ2) is 6.37. The highest BCUT2D eigenvalue weighted by atomic mass is 127. The van der Waals surface area contributed by atoms with E-state index >= 15 is 0 Å². The molecule has 0 spiro atoms. The van der Waals surface area contributed by atoms with Crippen LogP contribution in [0.15, 0.2) is 24.3 Å². The standard InChI is InChI=1S/C11H17IN2/c1-14(8-2-7-13)9-10-3-5-11(12)6-4-10/h3-6H,2,7-9,13H2,1H3. The molecule has 2 N–H and O–H groups in total. The third-order valence-electron chi connectivity index (χ3n) is 2.11. The molecule has 1 rings (SSSR count). The predicted octanol–water partition coefficient (Wildman–Crippen LogP) is 2.07. The van der Waals surface area contributed by atoms with E-state index in [0.29, 0.717) is 0 Å². The van der Waals surface area contributed by atoms with Gasteiger partial charge in [-0.3, -0.25) is 0 Å². The van der Waals surface area contributed by atoms with Gasteiger partial charge in [0.05, 0.1) is 0 Å². The van der Waals surface area contributed by atoms with Gasteiger partial charge in [0.15, 0.2) is 0 Å². The first-order valence-corrected chi connectivity index (χ1v) is 5.93. The predicted molar refractivity (Wildman–Crippen MR) is 69.2 cm³/mol. The van der Waals surface area contributed by atoms with Crippen LogP contribution in [0.25, 0.3) is 0 Å². The van der Waals surface area contributed by atoms with Gasteiger partial charge in [0, 0.05) is 10.1 Å². The first-order valence-electron chi connectivity index (χ1n) is 4.85. The topological polar surface area (TPSA) is 29.3 Å². The third-order valence-corrected chi connectivity index (χ3v) is 2.83. The average Bonchev–Trinajstić information content (AvgIpc) is 2.18. The van der Waals surface area contributed by atoms with Crippen molar-refractivity contribution >= 4 is 22.6 Å². The van der Waals surface area contributed by atoms with Crippen molar-refractivity contribution in [2.75, 3.05) is 20.1 Å². The van der Waals surface area contributed by atoms with Crippen LogP contribution in [0.4, 0.5) is 0 Å². The second-order valence-corrected chi connectivity index (χ2v) is 4.75. The van der Waals surface area contributed by atoms with Crippen molar-refractivity contribution in [1.82, 2.24) is 4.90 Å². The Hall–Kier alpha value is -0.130. The summed E-state index contributed by atoms with van der Waals surface area (Å²) in [5.74, 6) is 0. The minimum absolute atomic E-state index is 0.775. The molecule has 0 saturated heterocycles. The molecular weight excluding hydrogens is 287 g/mol. The molecule has 0 aliphatic carbocycles. The summed E-state index contributed by atoms with van der Waals surface area (Å²) in [4.78, 5) is 2.30. The molecule has 0 aliphatic heterocycles. The van der Waals surface area contributed by atoms with E-state index in [1.165, 1.54) is 9.13 Å². The first kappa shape index (κ1) is 11.9. The van der Waals surface area contributed by atoms with Gasteiger partial charge in [0.2, 0.25) is 0 Å². The zero-order valence-electron chi connectivity index (χ0n) is 8.54. The molecule has 0 atom stereocenters. The molecule has 0 heterocycles. The zero-order valence-corrected chi connectivity index (χ0v) is 10.7. The Balaban J connectivity index is 2.39. The molecular formula is C11H17IN2. The molecule has 0 aliphatic rings. The highest BCUT2D eigenvalue weighted by Crippen LogP contribution is 2.08. The summed E-state index contributed by atoms with van der Waals surface area (Å²) in [6.45, 7) is 2.86. The number of hydrogen-bond acceptors (Lipinski definition) is 2. The lowest BCUT2D eigenvalue weighted by Gasteiger charge is -2.15. The maximum atomic E-state index is 5.46. The van der Waals surface area contributed by atoms with Gasteiger partial charge in [-0.25, -0.2) is 0 Å². The van der Waals surface area contributed by atoms with E-state index < -0.39 is 0 Å². The van der Waals surface area contributed by atoms with Gasteiger partial charge in [0.1, 0.15) is 0 Å². The fourth-order valence-corrected chi connectivity index (χ4v) is 1.70. The van der Waals surface area contributed by atoms with Crippen molar-refractivity contribution in [3.05, 3.63) is 33.4 Å². The zero-order chi connectivity index (χ0) is 10.4. The van der Waals surface area contributed by atoms with Crippen molar-refractivity contribution in [3.63, 3.8) is 0 Å². The number of halogens is 1. The van der Waals surface area contributed by atoms with E-state index in [4.69, 9.17) is 5.73 Å². The number of nitrogens with two attached hydrogens (primary N) is 1. The van der Waals surface area contributed by atoms with E-state index in [1.807, 2.05) is 0 Å². The summed E-state index contributed by atoms with van der Waals surface area (Å²) in [6, 6.07) is 8.65. The third kappa shape index (κ3) is 4.39. The molecule has 0 fully saturated rings. The molecule has 1 aromatic rings. The minimum atomic E-state index is 0.775. The van der Waals surface area contributed by atoms with Crippen LogP contribution in [-0.4, -0.2) is 25.0 Å². The highest BCUT2D eigenvalue weighted by molar-refractivity contribution is 14.1. The number of hydrogen-bond donors (Lipinski definition) is 1. The Kier molecular flexibility index (Phi) is 5.44. The lowest BCUT2D eigenvalue weighted by atomic mass is 10.2. The van der Waals surface area contributed by atoms with Crippen molar-refractivity contribution in [2.24, 2.45) is 5.73 Å². The summed E-state index contributed by atoms with van der Waals surface area (Å²) in [6.07, 6.45) is 1.07. The van der Waals surface area contributed by atoms with E-state index in [0.717, 1.165) is 26.1 Å². The molecule has 0 aromatic heterocycles. The quantitative estimate of drug-likeness (QED) is 0.844. The van der Waals surface area contributed by atoms with E-state index in [1.54, 1.807) is 0 Å². The summed E-state index contributed by atoms with van der Waals surface area (Å²) in [5, 5.41) is 0. The molecule has 14 heavy (non-hydrogen) atoms.